The van der Waals surface area contributed by atoms with Crippen LogP contribution in [0.3, 0.4) is 0 Å². The summed E-state index contributed by atoms with van der Waals surface area (Å²) in [5.74, 6) is 0. The molecule has 0 amide bonds. The lowest BCUT2D eigenvalue weighted by atomic mass is 10.1. The van der Waals surface area contributed by atoms with Crippen molar-refractivity contribution in [3.05, 3.63) is 12.2 Å². The molecule has 0 bridgehead atoms. The quantitative estimate of drug-likeness (QED) is 0.589. The molecular weight excluding hydrogens is 126 g/mol. The molecule has 0 saturated carbocycles. The Morgan fingerprint density at radius 2 is 2.30 bits per heavy atom. The summed E-state index contributed by atoms with van der Waals surface area (Å²) in [5, 5.41) is 0. The summed E-state index contributed by atoms with van der Waals surface area (Å²) in [6.07, 6.45) is 2.05. The summed E-state index contributed by atoms with van der Waals surface area (Å²) in [4.78, 5) is 0. The van der Waals surface area contributed by atoms with Crippen molar-refractivity contribution in [1.82, 2.24) is 0 Å². The first-order valence-corrected chi connectivity index (χ1v) is 3.66. The van der Waals surface area contributed by atoms with Gasteiger partial charge in [0.15, 0.2) is 0 Å². The molecule has 0 saturated heterocycles. The monoisotopic (exact) mass is 143 g/mol. The Labute approximate surface area is 63.1 Å². The number of rotatable bonds is 5. The smallest absolute Gasteiger partial charge is 0.0776 e. The minimum absolute atomic E-state index is 0.198. The molecule has 60 valence electrons. The molecule has 2 nitrogen and oxygen atoms in total. The van der Waals surface area contributed by atoms with Gasteiger partial charge in [-0.05, 0) is 25.0 Å². The minimum atomic E-state index is 0.198. The normalized spacial score (nSPS) is 13.1. The van der Waals surface area contributed by atoms with Crippen LogP contribution < -0.4 is 5.73 Å². The lowest BCUT2D eigenvalue weighted by Crippen LogP contribution is -2.14. The fourth-order valence-electron chi connectivity index (χ4n) is 0.968. The molecule has 0 aromatic heterocycles. The van der Waals surface area contributed by atoms with E-state index in [9.17, 15) is 0 Å². The standard InChI is InChI=1S/C8H17NO/c1-4-8(10-3)7(2)5-6-9/h8H,2,4-6,9H2,1,3H3. The van der Waals surface area contributed by atoms with Gasteiger partial charge in [-0.2, -0.15) is 0 Å². The molecule has 2 heteroatoms. The van der Waals surface area contributed by atoms with Crippen molar-refractivity contribution in [1.29, 1.82) is 0 Å². The summed E-state index contributed by atoms with van der Waals surface area (Å²) in [6.45, 7) is 6.63. The third-order valence-electron chi connectivity index (χ3n) is 1.58. The summed E-state index contributed by atoms with van der Waals surface area (Å²) in [7, 11) is 1.70. The van der Waals surface area contributed by atoms with Gasteiger partial charge in [0.05, 0.1) is 6.10 Å². The van der Waals surface area contributed by atoms with E-state index in [1.165, 1.54) is 0 Å². The van der Waals surface area contributed by atoms with Crippen molar-refractivity contribution in [2.75, 3.05) is 13.7 Å². The minimum Gasteiger partial charge on any atom is -0.377 e. The van der Waals surface area contributed by atoms with Gasteiger partial charge in [0.1, 0.15) is 0 Å². The van der Waals surface area contributed by atoms with E-state index in [-0.39, 0.29) is 6.10 Å². The van der Waals surface area contributed by atoms with E-state index in [4.69, 9.17) is 10.5 Å². The second-order valence-corrected chi connectivity index (χ2v) is 2.33. The number of ether oxygens (including phenoxy) is 1. The molecule has 0 aliphatic heterocycles. The number of nitrogens with two attached hydrogens (primary N) is 1. The van der Waals surface area contributed by atoms with E-state index in [2.05, 4.69) is 13.5 Å². The molecular formula is C8H17NO. The summed E-state index contributed by atoms with van der Waals surface area (Å²) >= 11 is 0. The Bertz CT molecular complexity index is 97.4. The molecule has 1 unspecified atom stereocenters. The maximum Gasteiger partial charge on any atom is 0.0776 e. The van der Waals surface area contributed by atoms with Gasteiger partial charge in [-0.15, -0.1) is 0 Å². The molecule has 0 radical (unpaired) electrons. The highest BCUT2D eigenvalue weighted by Gasteiger charge is 2.06. The first kappa shape index (κ1) is 9.66. The molecule has 0 aliphatic rings. The molecule has 1 atom stereocenters. The van der Waals surface area contributed by atoms with Gasteiger partial charge >= 0.3 is 0 Å². The van der Waals surface area contributed by atoms with Crippen LogP contribution in [0.25, 0.3) is 0 Å². The Hall–Kier alpha value is -0.340. The van der Waals surface area contributed by atoms with Crippen LogP contribution in [0, 0.1) is 0 Å². The molecule has 0 spiro atoms. The maximum absolute atomic E-state index is 5.36. The number of hydrogen-bond donors (Lipinski definition) is 1. The van der Waals surface area contributed by atoms with Crippen LogP contribution in [-0.4, -0.2) is 19.8 Å². The summed E-state index contributed by atoms with van der Waals surface area (Å²) < 4.78 is 5.16. The van der Waals surface area contributed by atoms with Crippen LogP contribution in [0.15, 0.2) is 12.2 Å². The van der Waals surface area contributed by atoms with Crippen LogP contribution in [0.4, 0.5) is 0 Å². The van der Waals surface area contributed by atoms with Crippen molar-refractivity contribution >= 4 is 0 Å². The zero-order valence-corrected chi connectivity index (χ0v) is 6.89. The Morgan fingerprint density at radius 3 is 2.60 bits per heavy atom. The maximum atomic E-state index is 5.36. The van der Waals surface area contributed by atoms with E-state index in [0.29, 0.717) is 6.54 Å². The third kappa shape index (κ3) is 2.99. The second-order valence-electron chi connectivity index (χ2n) is 2.33. The fraction of sp³-hybridized carbons (Fsp3) is 0.750. The van der Waals surface area contributed by atoms with Crippen LogP contribution in [-0.2, 0) is 4.74 Å². The van der Waals surface area contributed by atoms with Crippen molar-refractivity contribution in [3.8, 4) is 0 Å². The van der Waals surface area contributed by atoms with Crippen LogP contribution in [0.1, 0.15) is 19.8 Å². The van der Waals surface area contributed by atoms with Gasteiger partial charge in [-0.1, -0.05) is 13.5 Å². The van der Waals surface area contributed by atoms with Crippen LogP contribution in [0.2, 0.25) is 0 Å². The molecule has 10 heavy (non-hydrogen) atoms. The highest BCUT2D eigenvalue weighted by molar-refractivity contribution is 5.01. The Kier molecular flexibility index (Phi) is 5.26. The van der Waals surface area contributed by atoms with E-state index in [0.717, 1.165) is 18.4 Å². The summed E-state index contributed by atoms with van der Waals surface area (Å²) in [5.41, 5.74) is 6.46. The third-order valence-corrected chi connectivity index (χ3v) is 1.58. The topological polar surface area (TPSA) is 35.2 Å². The van der Waals surface area contributed by atoms with Gasteiger partial charge in [0, 0.05) is 7.11 Å². The first-order chi connectivity index (χ1) is 4.76. The van der Waals surface area contributed by atoms with Crippen molar-refractivity contribution in [3.63, 3.8) is 0 Å². The van der Waals surface area contributed by atoms with Gasteiger partial charge in [-0.3, -0.25) is 0 Å². The second kappa shape index (κ2) is 5.45. The van der Waals surface area contributed by atoms with E-state index < -0.39 is 0 Å². The van der Waals surface area contributed by atoms with Crippen molar-refractivity contribution in [2.24, 2.45) is 5.73 Å². The Balaban J connectivity index is 3.65. The van der Waals surface area contributed by atoms with Crippen LogP contribution in [0.5, 0.6) is 0 Å². The lowest BCUT2D eigenvalue weighted by molar-refractivity contribution is 0.126. The fourth-order valence-corrected chi connectivity index (χ4v) is 0.968. The van der Waals surface area contributed by atoms with E-state index in [1.807, 2.05) is 0 Å². The molecule has 0 rings (SSSR count). The molecule has 0 aromatic rings. The van der Waals surface area contributed by atoms with Crippen molar-refractivity contribution < 1.29 is 4.74 Å². The van der Waals surface area contributed by atoms with E-state index in [1.54, 1.807) is 7.11 Å². The zero-order valence-electron chi connectivity index (χ0n) is 6.89. The highest BCUT2D eigenvalue weighted by Crippen LogP contribution is 2.10. The first-order valence-electron chi connectivity index (χ1n) is 3.66. The zero-order chi connectivity index (χ0) is 7.98. The molecule has 0 aliphatic carbocycles. The number of hydrogen-bond acceptors (Lipinski definition) is 2. The highest BCUT2D eigenvalue weighted by atomic mass is 16.5. The Morgan fingerprint density at radius 1 is 1.70 bits per heavy atom. The summed E-state index contributed by atoms with van der Waals surface area (Å²) in [6, 6.07) is 0. The van der Waals surface area contributed by atoms with Gasteiger partial charge in [-0.25, -0.2) is 0 Å². The largest absolute Gasteiger partial charge is 0.377 e. The predicted molar refractivity (Wildman–Crippen MR) is 43.9 cm³/mol. The van der Waals surface area contributed by atoms with Gasteiger partial charge in [0.25, 0.3) is 0 Å². The molecule has 0 heterocycles. The average Bonchev–Trinajstić information content (AvgIpc) is 1.91. The van der Waals surface area contributed by atoms with Crippen molar-refractivity contribution in [2.45, 2.75) is 25.9 Å². The van der Waals surface area contributed by atoms with Crippen LogP contribution >= 0.6 is 0 Å². The molecule has 2 N–H and O–H groups in total. The molecule has 0 aromatic carbocycles. The molecule has 0 fully saturated rings. The number of methoxy groups -OCH3 is 1. The van der Waals surface area contributed by atoms with Gasteiger partial charge < -0.3 is 10.5 Å². The van der Waals surface area contributed by atoms with E-state index >= 15 is 0 Å². The van der Waals surface area contributed by atoms with Gasteiger partial charge in [0.2, 0.25) is 0 Å². The predicted octanol–water partition coefficient (Wildman–Crippen LogP) is 1.32. The average molecular weight is 143 g/mol. The lowest BCUT2D eigenvalue weighted by Gasteiger charge is -2.14. The SMILES string of the molecule is C=C(CCN)C(CC)OC.